The lowest BCUT2D eigenvalue weighted by Crippen LogP contribution is -2.47. The lowest BCUT2D eigenvalue weighted by atomic mass is 9.79. The van der Waals surface area contributed by atoms with E-state index in [4.69, 9.17) is 4.74 Å². The Bertz CT molecular complexity index is 597. The molecule has 2 heterocycles. The summed E-state index contributed by atoms with van der Waals surface area (Å²) in [4.78, 5) is 14.8. The monoisotopic (exact) mass is 328 g/mol. The van der Waals surface area contributed by atoms with Gasteiger partial charge in [0.2, 0.25) is 5.91 Å². The maximum Gasteiger partial charge on any atom is 0.227 e. The zero-order chi connectivity index (χ0) is 16.4. The number of carbonyl (C=O) groups excluding carboxylic acids is 1. The second-order valence-corrected chi connectivity index (χ2v) is 7.73. The Balaban J connectivity index is 1.43. The van der Waals surface area contributed by atoms with E-state index in [1.165, 1.54) is 31.2 Å². The third-order valence-corrected chi connectivity index (χ3v) is 5.99. The van der Waals surface area contributed by atoms with Crippen LogP contribution in [0.15, 0.2) is 24.3 Å². The highest BCUT2D eigenvalue weighted by Gasteiger charge is 2.45. The van der Waals surface area contributed by atoms with Crippen LogP contribution >= 0.6 is 0 Å². The van der Waals surface area contributed by atoms with Gasteiger partial charge >= 0.3 is 0 Å². The molecule has 1 N–H and O–H groups in total. The smallest absolute Gasteiger partial charge is 0.227 e. The number of piperidine rings is 1. The number of nitrogens with one attached hydrogen (secondary N) is 1. The summed E-state index contributed by atoms with van der Waals surface area (Å²) >= 11 is 0. The number of para-hydroxylation sites is 1. The number of amides is 1. The third kappa shape index (κ3) is 3.16. The fraction of sp³-hybridized carbons (Fsp3) is 0.650. The zero-order valence-electron chi connectivity index (χ0n) is 14.4. The predicted octanol–water partition coefficient (Wildman–Crippen LogP) is 3.11. The van der Waals surface area contributed by atoms with Crippen LogP contribution in [0.2, 0.25) is 0 Å². The molecule has 1 spiro atoms. The van der Waals surface area contributed by atoms with Crippen LogP contribution in [0.3, 0.4) is 0 Å². The number of benzene rings is 1. The van der Waals surface area contributed by atoms with Gasteiger partial charge in [0.1, 0.15) is 5.75 Å². The molecule has 1 aliphatic carbocycles. The standard InChI is InChI=1S/C20H28N2O2/c23-19-20(10-5-12-21-19)11-13-22(15-20)14-16-6-1-4-9-18(16)24-17-7-2-3-8-17/h1,4,6,9,17H,2-3,5,7-8,10-15H2,(H,21,23). The minimum Gasteiger partial charge on any atom is -0.490 e. The van der Waals surface area contributed by atoms with Crippen molar-refractivity contribution in [3.05, 3.63) is 29.8 Å². The summed E-state index contributed by atoms with van der Waals surface area (Å²) in [6.45, 7) is 3.62. The van der Waals surface area contributed by atoms with E-state index in [1.807, 2.05) is 0 Å². The van der Waals surface area contributed by atoms with Crippen molar-refractivity contribution in [3.8, 4) is 5.75 Å². The molecule has 1 aromatic rings. The van der Waals surface area contributed by atoms with Crippen LogP contribution in [0.4, 0.5) is 0 Å². The molecule has 3 aliphatic rings. The van der Waals surface area contributed by atoms with E-state index in [-0.39, 0.29) is 11.3 Å². The van der Waals surface area contributed by atoms with Gasteiger partial charge in [0, 0.05) is 25.2 Å². The molecular formula is C20H28N2O2. The first-order chi connectivity index (χ1) is 11.8. The van der Waals surface area contributed by atoms with Gasteiger partial charge in [-0.05, 0) is 57.6 Å². The van der Waals surface area contributed by atoms with Gasteiger partial charge in [0.25, 0.3) is 0 Å². The number of hydrogen-bond donors (Lipinski definition) is 1. The van der Waals surface area contributed by atoms with Crippen molar-refractivity contribution in [1.82, 2.24) is 10.2 Å². The molecule has 3 fully saturated rings. The molecule has 1 unspecified atom stereocenters. The summed E-state index contributed by atoms with van der Waals surface area (Å²) in [5, 5.41) is 3.07. The van der Waals surface area contributed by atoms with Crippen molar-refractivity contribution in [1.29, 1.82) is 0 Å². The SMILES string of the molecule is O=C1NCCCC12CCN(Cc1ccccc1OC1CCCC1)C2. The van der Waals surface area contributed by atoms with E-state index >= 15 is 0 Å². The zero-order valence-corrected chi connectivity index (χ0v) is 14.4. The van der Waals surface area contributed by atoms with Crippen LogP contribution in [0.5, 0.6) is 5.75 Å². The maximum atomic E-state index is 12.4. The highest BCUT2D eigenvalue weighted by atomic mass is 16.5. The van der Waals surface area contributed by atoms with Crippen LogP contribution in [0, 0.1) is 5.41 Å². The van der Waals surface area contributed by atoms with E-state index in [1.54, 1.807) is 0 Å². The third-order valence-electron chi connectivity index (χ3n) is 5.99. The topological polar surface area (TPSA) is 41.6 Å². The highest BCUT2D eigenvalue weighted by Crippen LogP contribution is 2.38. The molecule has 1 aromatic carbocycles. The maximum absolute atomic E-state index is 12.4. The largest absolute Gasteiger partial charge is 0.490 e. The van der Waals surface area contributed by atoms with Crippen molar-refractivity contribution in [2.75, 3.05) is 19.6 Å². The normalized spacial score (nSPS) is 28.4. The van der Waals surface area contributed by atoms with Crippen LogP contribution in [-0.4, -0.2) is 36.5 Å². The molecular weight excluding hydrogens is 300 g/mol. The molecule has 0 bridgehead atoms. The van der Waals surface area contributed by atoms with Crippen LogP contribution in [0.1, 0.15) is 50.5 Å². The number of nitrogens with zero attached hydrogens (tertiary/aromatic N) is 1. The van der Waals surface area contributed by atoms with Gasteiger partial charge in [0.05, 0.1) is 11.5 Å². The minimum atomic E-state index is -0.139. The summed E-state index contributed by atoms with van der Waals surface area (Å²) < 4.78 is 6.27. The summed E-state index contributed by atoms with van der Waals surface area (Å²) in [6.07, 6.45) is 8.47. The second kappa shape index (κ2) is 6.75. The number of rotatable bonds is 4. The molecule has 2 aliphatic heterocycles. The molecule has 130 valence electrons. The Labute approximate surface area is 144 Å². The molecule has 0 aromatic heterocycles. The summed E-state index contributed by atoms with van der Waals surface area (Å²) in [5.74, 6) is 1.31. The summed E-state index contributed by atoms with van der Waals surface area (Å²) in [5.41, 5.74) is 1.12. The van der Waals surface area contributed by atoms with E-state index in [0.717, 1.165) is 51.2 Å². The first-order valence-electron chi connectivity index (χ1n) is 9.50. The molecule has 4 heteroatoms. The van der Waals surface area contributed by atoms with Gasteiger partial charge in [-0.25, -0.2) is 0 Å². The Hall–Kier alpha value is -1.55. The first kappa shape index (κ1) is 15.9. The first-order valence-corrected chi connectivity index (χ1v) is 9.50. The van der Waals surface area contributed by atoms with Crippen LogP contribution < -0.4 is 10.1 Å². The van der Waals surface area contributed by atoms with Crippen molar-refractivity contribution in [2.45, 2.75) is 57.6 Å². The molecule has 24 heavy (non-hydrogen) atoms. The van der Waals surface area contributed by atoms with Crippen molar-refractivity contribution < 1.29 is 9.53 Å². The van der Waals surface area contributed by atoms with Crippen molar-refractivity contribution >= 4 is 5.91 Å². The van der Waals surface area contributed by atoms with Gasteiger partial charge in [-0.2, -0.15) is 0 Å². The Kier molecular flexibility index (Phi) is 4.49. The van der Waals surface area contributed by atoms with Crippen molar-refractivity contribution in [3.63, 3.8) is 0 Å². The van der Waals surface area contributed by atoms with E-state index in [0.29, 0.717) is 6.10 Å². The molecule has 1 saturated carbocycles. The van der Waals surface area contributed by atoms with Gasteiger partial charge in [-0.1, -0.05) is 18.2 Å². The highest BCUT2D eigenvalue weighted by molar-refractivity contribution is 5.84. The summed E-state index contributed by atoms with van der Waals surface area (Å²) in [6, 6.07) is 8.44. The van der Waals surface area contributed by atoms with E-state index in [2.05, 4.69) is 34.5 Å². The molecule has 4 rings (SSSR count). The van der Waals surface area contributed by atoms with Crippen LogP contribution in [-0.2, 0) is 11.3 Å². The molecule has 1 amide bonds. The summed E-state index contributed by atoms with van der Waals surface area (Å²) in [7, 11) is 0. The fourth-order valence-corrected chi connectivity index (χ4v) is 4.59. The minimum absolute atomic E-state index is 0.139. The average molecular weight is 328 g/mol. The fourth-order valence-electron chi connectivity index (χ4n) is 4.59. The lowest BCUT2D eigenvalue weighted by Gasteiger charge is -2.32. The van der Waals surface area contributed by atoms with E-state index in [9.17, 15) is 4.79 Å². The second-order valence-electron chi connectivity index (χ2n) is 7.73. The molecule has 0 radical (unpaired) electrons. The molecule has 1 atom stereocenters. The van der Waals surface area contributed by atoms with E-state index < -0.39 is 0 Å². The predicted molar refractivity (Wildman–Crippen MR) is 93.9 cm³/mol. The lowest BCUT2D eigenvalue weighted by molar-refractivity contribution is -0.132. The Morgan fingerprint density at radius 2 is 2.00 bits per heavy atom. The van der Waals surface area contributed by atoms with Gasteiger partial charge in [-0.15, -0.1) is 0 Å². The van der Waals surface area contributed by atoms with Gasteiger partial charge < -0.3 is 10.1 Å². The van der Waals surface area contributed by atoms with Gasteiger partial charge in [-0.3, -0.25) is 9.69 Å². The average Bonchev–Trinajstić information content (AvgIpc) is 3.23. The van der Waals surface area contributed by atoms with Crippen molar-refractivity contribution in [2.24, 2.45) is 5.41 Å². The van der Waals surface area contributed by atoms with Crippen LogP contribution in [0.25, 0.3) is 0 Å². The Morgan fingerprint density at radius 1 is 1.17 bits per heavy atom. The number of hydrogen-bond acceptors (Lipinski definition) is 3. The molecule has 4 nitrogen and oxygen atoms in total. The number of likely N-dealkylation sites (tertiary alicyclic amines) is 1. The quantitative estimate of drug-likeness (QED) is 0.923. The Morgan fingerprint density at radius 3 is 2.83 bits per heavy atom. The van der Waals surface area contributed by atoms with Gasteiger partial charge in [0.15, 0.2) is 0 Å². The molecule has 2 saturated heterocycles. The number of ether oxygens (including phenoxy) is 1. The number of carbonyl (C=O) groups is 1.